The van der Waals surface area contributed by atoms with Gasteiger partial charge in [0.25, 0.3) is 0 Å². The number of rotatable bonds is 11. The second-order valence-corrected chi connectivity index (χ2v) is 9.10. The minimum atomic E-state index is -0.977. The number of carboxylic acids is 1. The van der Waals surface area contributed by atoms with Crippen LogP contribution in [0, 0.1) is 0 Å². The highest BCUT2D eigenvalue weighted by molar-refractivity contribution is 5.89. The van der Waals surface area contributed by atoms with Crippen LogP contribution in [-0.4, -0.2) is 34.8 Å². The number of carbonyl (C=O) groups is 1. The highest BCUT2D eigenvalue weighted by Gasteiger charge is 2.18. The lowest BCUT2D eigenvalue weighted by Gasteiger charge is -2.27. The van der Waals surface area contributed by atoms with Crippen molar-refractivity contribution in [2.24, 2.45) is 0 Å². The molecule has 5 rings (SSSR count). The molecule has 200 valence electrons. The van der Waals surface area contributed by atoms with E-state index in [1.807, 2.05) is 85.1 Å². The van der Waals surface area contributed by atoms with E-state index in [-0.39, 0.29) is 5.56 Å². The van der Waals surface area contributed by atoms with Crippen molar-refractivity contribution in [1.29, 1.82) is 0 Å². The van der Waals surface area contributed by atoms with Gasteiger partial charge in [-0.3, -0.25) is 9.97 Å². The van der Waals surface area contributed by atoms with Crippen molar-refractivity contribution in [3.05, 3.63) is 132 Å². The first-order valence-corrected chi connectivity index (χ1v) is 12.9. The molecule has 2 heterocycles. The SMILES string of the molecule is COc1ccc(N(Cc2cccnc2)c2cccc(C(=O)O)c2)cc1-c1ccccc1OCCc1ccccn1. The van der Waals surface area contributed by atoms with Gasteiger partial charge in [0.1, 0.15) is 11.5 Å². The van der Waals surface area contributed by atoms with Crippen LogP contribution in [0.25, 0.3) is 11.1 Å². The molecule has 0 saturated carbocycles. The Morgan fingerprint density at radius 2 is 1.68 bits per heavy atom. The van der Waals surface area contributed by atoms with Crippen LogP contribution in [0.2, 0.25) is 0 Å². The topological polar surface area (TPSA) is 84.8 Å². The second kappa shape index (κ2) is 12.6. The molecule has 40 heavy (non-hydrogen) atoms. The number of methoxy groups -OCH3 is 1. The number of pyridine rings is 2. The number of anilines is 2. The summed E-state index contributed by atoms with van der Waals surface area (Å²) in [6, 6.07) is 30.5. The van der Waals surface area contributed by atoms with E-state index < -0.39 is 5.97 Å². The van der Waals surface area contributed by atoms with Crippen LogP contribution in [-0.2, 0) is 13.0 Å². The van der Waals surface area contributed by atoms with Crippen LogP contribution in [0.15, 0.2) is 116 Å². The van der Waals surface area contributed by atoms with Crippen LogP contribution in [0.5, 0.6) is 11.5 Å². The standard InChI is InChI=1S/C33H29N3O4/c1-39-31-15-14-28(36(23-24-8-7-17-34-22-24)27-11-6-9-25(20-27)33(37)38)21-30(31)29-12-2-3-13-32(29)40-19-16-26-10-4-5-18-35-26/h2-15,17-18,20-22H,16,19,23H2,1H3,(H,37,38). The number of nitrogens with zero attached hydrogens (tertiary/aromatic N) is 3. The Morgan fingerprint density at radius 1 is 0.825 bits per heavy atom. The Hall–Kier alpha value is -5.17. The minimum absolute atomic E-state index is 0.217. The van der Waals surface area contributed by atoms with Gasteiger partial charge >= 0.3 is 5.97 Å². The first kappa shape index (κ1) is 26.4. The van der Waals surface area contributed by atoms with Crippen molar-refractivity contribution in [2.75, 3.05) is 18.6 Å². The largest absolute Gasteiger partial charge is 0.496 e. The Balaban J connectivity index is 1.53. The molecule has 0 fully saturated rings. The fraction of sp³-hybridized carbons (Fsp3) is 0.121. The van der Waals surface area contributed by atoms with Crippen LogP contribution in [0.3, 0.4) is 0 Å². The van der Waals surface area contributed by atoms with Gasteiger partial charge in [0.2, 0.25) is 0 Å². The molecule has 7 nitrogen and oxygen atoms in total. The lowest BCUT2D eigenvalue weighted by Crippen LogP contribution is -2.17. The van der Waals surface area contributed by atoms with E-state index in [9.17, 15) is 9.90 Å². The summed E-state index contributed by atoms with van der Waals surface area (Å²) in [6.45, 7) is 0.968. The van der Waals surface area contributed by atoms with Gasteiger partial charge in [-0.1, -0.05) is 36.4 Å². The summed E-state index contributed by atoms with van der Waals surface area (Å²) in [5, 5.41) is 9.62. The number of benzene rings is 3. The molecule has 0 aliphatic heterocycles. The summed E-state index contributed by atoms with van der Waals surface area (Å²) < 4.78 is 12.0. The van der Waals surface area contributed by atoms with Crippen LogP contribution in [0.1, 0.15) is 21.6 Å². The lowest BCUT2D eigenvalue weighted by molar-refractivity contribution is 0.0697. The summed E-state index contributed by atoms with van der Waals surface area (Å²) in [6.07, 6.45) is 6.01. The number of hydrogen-bond acceptors (Lipinski definition) is 6. The van der Waals surface area contributed by atoms with E-state index in [4.69, 9.17) is 9.47 Å². The van der Waals surface area contributed by atoms with Gasteiger partial charge in [-0.25, -0.2) is 4.79 Å². The Bertz CT molecular complexity index is 1580. The zero-order chi connectivity index (χ0) is 27.7. The fourth-order valence-electron chi connectivity index (χ4n) is 4.51. The maximum atomic E-state index is 11.7. The molecule has 0 radical (unpaired) electrons. The monoisotopic (exact) mass is 531 g/mol. The predicted molar refractivity (Wildman–Crippen MR) is 155 cm³/mol. The van der Waals surface area contributed by atoms with Crippen molar-refractivity contribution >= 4 is 17.3 Å². The number of carboxylic acid groups (broad SMARTS) is 1. The third-order valence-electron chi connectivity index (χ3n) is 6.48. The zero-order valence-electron chi connectivity index (χ0n) is 22.1. The van der Waals surface area contributed by atoms with E-state index in [0.29, 0.717) is 25.3 Å². The van der Waals surface area contributed by atoms with Gasteiger partial charge in [-0.05, 0) is 66.2 Å². The van der Waals surface area contributed by atoms with E-state index >= 15 is 0 Å². The summed E-state index contributed by atoms with van der Waals surface area (Å²) >= 11 is 0. The molecule has 1 N–H and O–H groups in total. The molecule has 0 atom stereocenters. The Labute approximate surface area is 233 Å². The molecule has 3 aromatic carbocycles. The number of para-hydroxylation sites is 1. The maximum Gasteiger partial charge on any atom is 0.335 e. The fourth-order valence-corrected chi connectivity index (χ4v) is 4.51. The van der Waals surface area contributed by atoms with Crippen molar-refractivity contribution in [3.63, 3.8) is 0 Å². The smallest absolute Gasteiger partial charge is 0.335 e. The Morgan fingerprint density at radius 3 is 2.45 bits per heavy atom. The summed E-state index contributed by atoms with van der Waals surface area (Å²) in [5.41, 5.74) is 5.54. The van der Waals surface area contributed by atoms with E-state index in [1.165, 1.54) is 0 Å². The van der Waals surface area contributed by atoms with Crippen molar-refractivity contribution in [2.45, 2.75) is 13.0 Å². The Kier molecular flexibility index (Phi) is 8.32. The van der Waals surface area contributed by atoms with Crippen LogP contribution < -0.4 is 14.4 Å². The molecule has 0 unspecified atom stereocenters. The van der Waals surface area contributed by atoms with Gasteiger partial charge < -0.3 is 19.5 Å². The highest BCUT2D eigenvalue weighted by atomic mass is 16.5. The third-order valence-corrected chi connectivity index (χ3v) is 6.48. The van der Waals surface area contributed by atoms with Gasteiger partial charge in [0.05, 0.1) is 19.3 Å². The van der Waals surface area contributed by atoms with Gasteiger partial charge in [-0.2, -0.15) is 0 Å². The molecule has 5 aromatic rings. The predicted octanol–water partition coefficient (Wildman–Crippen LogP) is 6.81. The van der Waals surface area contributed by atoms with Crippen molar-refractivity contribution in [3.8, 4) is 22.6 Å². The molecule has 0 aliphatic rings. The molecule has 0 amide bonds. The molecule has 2 aromatic heterocycles. The van der Waals surface area contributed by atoms with Crippen molar-refractivity contribution in [1.82, 2.24) is 9.97 Å². The summed E-state index contributed by atoms with van der Waals surface area (Å²) in [7, 11) is 1.65. The first-order chi connectivity index (χ1) is 19.6. The van der Waals surface area contributed by atoms with Gasteiger partial charge in [0.15, 0.2) is 0 Å². The number of aromatic nitrogens is 2. The van der Waals surface area contributed by atoms with Gasteiger partial charge in [0, 0.05) is 59.8 Å². The molecule has 0 bridgehead atoms. The van der Waals surface area contributed by atoms with Gasteiger partial charge in [-0.15, -0.1) is 0 Å². The molecule has 0 spiro atoms. The zero-order valence-corrected chi connectivity index (χ0v) is 22.1. The number of aromatic carboxylic acids is 1. The molecule has 0 aliphatic carbocycles. The minimum Gasteiger partial charge on any atom is -0.496 e. The molecular formula is C33H29N3O4. The van der Waals surface area contributed by atoms with E-state index in [0.717, 1.165) is 39.5 Å². The van der Waals surface area contributed by atoms with Crippen LogP contribution >= 0.6 is 0 Å². The third kappa shape index (κ3) is 6.27. The second-order valence-electron chi connectivity index (χ2n) is 9.10. The lowest BCUT2D eigenvalue weighted by atomic mass is 10.0. The molecular weight excluding hydrogens is 502 g/mol. The van der Waals surface area contributed by atoms with E-state index in [2.05, 4.69) is 14.9 Å². The maximum absolute atomic E-state index is 11.7. The normalized spacial score (nSPS) is 10.6. The number of hydrogen-bond donors (Lipinski definition) is 1. The van der Waals surface area contributed by atoms with Crippen LogP contribution in [0.4, 0.5) is 11.4 Å². The highest BCUT2D eigenvalue weighted by Crippen LogP contribution is 2.40. The van der Waals surface area contributed by atoms with E-state index in [1.54, 1.807) is 37.7 Å². The molecule has 7 heteroatoms. The first-order valence-electron chi connectivity index (χ1n) is 12.9. The molecule has 0 saturated heterocycles. The van der Waals surface area contributed by atoms with Crippen molar-refractivity contribution < 1.29 is 19.4 Å². The quantitative estimate of drug-likeness (QED) is 0.200. The average Bonchev–Trinajstić information content (AvgIpc) is 3.01. The summed E-state index contributed by atoms with van der Waals surface area (Å²) in [4.78, 5) is 22.5. The number of ether oxygens (including phenoxy) is 2. The summed E-state index contributed by atoms with van der Waals surface area (Å²) in [5.74, 6) is 0.459. The average molecular weight is 532 g/mol.